The highest BCUT2D eigenvalue weighted by atomic mass is 79.9. The Kier molecular flexibility index (Phi) is 4.12. The molecule has 0 radical (unpaired) electrons. The van der Waals surface area contributed by atoms with Crippen LogP contribution in [-0.2, 0) is 17.4 Å². The maximum atomic E-state index is 12.4. The molecule has 0 aliphatic heterocycles. The van der Waals surface area contributed by atoms with Crippen LogP contribution >= 0.6 is 15.9 Å². The smallest absolute Gasteiger partial charge is 0.304 e. The van der Waals surface area contributed by atoms with Crippen molar-refractivity contribution >= 4 is 15.9 Å². The van der Waals surface area contributed by atoms with Crippen molar-refractivity contribution in [1.82, 2.24) is 0 Å². The summed E-state index contributed by atoms with van der Waals surface area (Å²) in [5.41, 5.74) is -0.145. The van der Waals surface area contributed by atoms with Crippen LogP contribution in [0.1, 0.15) is 11.1 Å². The summed E-state index contributed by atoms with van der Waals surface area (Å²) in [5.74, 6) is 4.81. The Morgan fingerprint density at radius 2 is 2.00 bits per heavy atom. The van der Waals surface area contributed by atoms with Crippen molar-refractivity contribution in [3.8, 4) is 0 Å². The second-order valence-corrected chi connectivity index (χ2v) is 3.78. The lowest BCUT2D eigenvalue weighted by atomic mass is 10.1. The molecule has 1 aromatic carbocycles. The van der Waals surface area contributed by atoms with Gasteiger partial charge < -0.3 is 4.84 Å². The number of halogens is 4. The first-order valence-electron chi connectivity index (χ1n) is 4.12. The van der Waals surface area contributed by atoms with Crippen LogP contribution in [0.5, 0.6) is 0 Å². The third-order valence-electron chi connectivity index (χ3n) is 1.86. The molecule has 0 aliphatic rings. The summed E-state index contributed by atoms with van der Waals surface area (Å²) in [6.07, 6.45) is -3.99. The normalized spacial score (nSPS) is 11.8. The van der Waals surface area contributed by atoms with E-state index in [4.69, 9.17) is 5.90 Å². The number of alkyl halides is 3. The van der Waals surface area contributed by atoms with Crippen molar-refractivity contribution in [1.29, 1.82) is 0 Å². The molecule has 0 fully saturated rings. The van der Waals surface area contributed by atoms with Gasteiger partial charge in [-0.25, -0.2) is 5.90 Å². The molecule has 0 atom stereocenters. The maximum absolute atomic E-state index is 12.4. The van der Waals surface area contributed by atoms with Crippen LogP contribution in [0.3, 0.4) is 0 Å². The van der Waals surface area contributed by atoms with Gasteiger partial charge >= 0.3 is 6.18 Å². The van der Waals surface area contributed by atoms with Crippen molar-refractivity contribution in [2.45, 2.75) is 12.6 Å². The van der Waals surface area contributed by atoms with Gasteiger partial charge in [-0.05, 0) is 30.2 Å². The molecular weight excluding hydrogens is 275 g/mol. The van der Waals surface area contributed by atoms with Crippen LogP contribution in [0.25, 0.3) is 0 Å². The Morgan fingerprint density at radius 1 is 1.33 bits per heavy atom. The van der Waals surface area contributed by atoms with E-state index >= 15 is 0 Å². The van der Waals surface area contributed by atoms with Gasteiger partial charge in [0.1, 0.15) is 0 Å². The highest BCUT2D eigenvalue weighted by molar-refractivity contribution is 9.10. The second-order valence-electron chi connectivity index (χ2n) is 2.92. The van der Waals surface area contributed by atoms with E-state index in [1.807, 2.05) is 0 Å². The van der Waals surface area contributed by atoms with Gasteiger partial charge in [0.25, 0.3) is 0 Å². The summed E-state index contributed by atoms with van der Waals surface area (Å²) in [6, 6.07) is 3.48. The third kappa shape index (κ3) is 3.48. The van der Waals surface area contributed by atoms with Gasteiger partial charge in [-0.15, -0.1) is 0 Å². The molecule has 2 nitrogen and oxygen atoms in total. The van der Waals surface area contributed by atoms with E-state index in [-0.39, 0.29) is 6.61 Å². The zero-order valence-electron chi connectivity index (χ0n) is 7.64. The van der Waals surface area contributed by atoms with Gasteiger partial charge in [0.2, 0.25) is 0 Å². The van der Waals surface area contributed by atoms with Crippen molar-refractivity contribution in [2.24, 2.45) is 5.90 Å². The molecule has 0 spiro atoms. The Hall–Kier alpha value is -0.590. The minimum atomic E-state index is -4.32. The molecule has 15 heavy (non-hydrogen) atoms. The van der Waals surface area contributed by atoms with Crippen molar-refractivity contribution in [3.63, 3.8) is 0 Å². The van der Waals surface area contributed by atoms with Crippen LogP contribution in [0.4, 0.5) is 13.2 Å². The zero-order chi connectivity index (χ0) is 11.5. The highest BCUT2D eigenvalue weighted by Crippen LogP contribution is 2.31. The molecule has 0 amide bonds. The fraction of sp³-hybridized carbons (Fsp3) is 0.333. The first-order valence-corrected chi connectivity index (χ1v) is 4.91. The fourth-order valence-corrected chi connectivity index (χ4v) is 1.56. The van der Waals surface area contributed by atoms with E-state index in [1.54, 1.807) is 0 Å². The lowest BCUT2D eigenvalue weighted by Gasteiger charge is -2.10. The second kappa shape index (κ2) is 4.96. The molecule has 2 N–H and O–H groups in total. The summed E-state index contributed by atoms with van der Waals surface area (Å²) in [4.78, 5) is 4.32. The van der Waals surface area contributed by atoms with Gasteiger partial charge in [0, 0.05) is 4.47 Å². The Labute approximate surface area is 93.3 Å². The van der Waals surface area contributed by atoms with Crippen LogP contribution in [0.15, 0.2) is 22.7 Å². The van der Waals surface area contributed by atoms with Crippen LogP contribution in [0, 0.1) is 0 Å². The summed E-state index contributed by atoms with van der Waals surface area (Å²) >= 11 is 3.16. The average molecular weight is 284 g/mol. The van der Waals surface area contributed by atoms with E-state index in [0.29, 0.717) is 16.5 Å². The summed E-state index contributed by atoms with van der Waals surface area (Å²) in [5, 5.41) is 0. The van der Waals surface area contributed by atoms with Gasteiger partial charge in [0.15, 0.2) is 0 Å². The van der Waals surface area contributed by atoms with Crippen LogP contribution < -0.4 is 5.90 Å². The largest absolute Gasteiger partial charge is 0.416 e. The zero-order valence-corrected chi connectivity index (χ0v) is 9.23. The van der Waals surface area contributed by atoms with Crippen molar-refractivity contribution < 1.29 is 18.0 Å². The van der Waals surface area contributed by atoms with Crippen molar-refractivity contribution in [3.05, 3.63) is 33.8 Å². The Morgan fingerprint density at radius 3 is 2.53 bits per heavy atom. The first-order chi connectivity index (χ1) is 6.95. The molecule has 1 aromatic rings. The summed E-state index contributed by atoms with van der Waals surface area (Å²) < 4.78 is 37.7. The summed E-state index contributed by atoms with van der Waals surface area (Å²) in [6.45, 7) is 0.180. The summed E-state index contributed by atoms with van der Waals surface area (Å²) in [7, 11) is 0. The van der Waals surface area contributed by atoms with E-state index in [1.165, 1.54) is 6.07 Å². The molecular formula is C9H9BrF3NO. The number of hydrogen-bond acceptors (Lipinski definition) is 2. The predicted octanol–water partition coefficient (Wildman–Crippen LogP) is 2.90. The molecule has 0 aliphatic carbocycles. The standard InChI is InChI=1S/C9H9BrF3NO/c10-8-2-1-7(9(11,12)13)5-6(8)3-4-15-14/h1-2,5H,3-4,14H2. The van der Waals surface area contributed by atoms with E-state index in [0.717, 1.165) is 12.1 Å². The lowest BCUT2D eigenvalue weighted by molar-refractivity contribution is -0.137. The molecule has 0 heterocycles. The monoisotopic (exact) mass is 283 g/mol. The molecule has 6 heteroatoms. The van der Waals surface area contributed by atoms with E-state index in [2.05, 4.69) is 20.8 Å². The van der Waals surface area contributed by atoms with Crippen LogP contribution in [-0.4, -0.2) is 6.61 Å². The fourth-order valence-electron chi connectivity index (χ4n) is 1.11. The molecule has 1 rings (SSSR count). The number of rotatable bonds is 3. The number of nitrogens with two attached hydrogens (primary N) is 1. The first kappa shape index (κ1) is 12.5. The highest BCUT2D eigenvalue weighted by Gasteiger charge is 2.30. The van der Waals surface area contributed by atoms with Gasteiger partial charge in [-0.1, -0.05) is 15.9 Å². The van der Waals surface area contributed by atoms with E-state index in [9.17, 15) is 13.2 Å². The molecule has 84 valence electrons. The third-order valence-corrected chi connectivity index (χ3v) is 2.64. The quantitative estimate of drug-likeness (QED) is 0.866. The van der Waals surface area contributed by atoms with E-state index < -0.39 is 11.7 Å². The predicted molar refractivity (Wildman–Crippen MR) is 53.0 cm³/mol. The lowest BCUT2D eigenvalue weighted by Crippen LogP contribution is -2.08. The average Bonchev–Trinajstić information content (AvgIpc) is 2.15. The van der Waals surface area contributed by atoms with Crippen molar-refractivity contribution in [2.75, 3.05) is 6.61 Å². The number of benzene rings is 1. The minimum Gasteiger partial charge on any atom is -0.304 e. The molecule has 0 saturated heterocycles. The molecule has 0 bridgehead atoms. The molecule has 0 saturated carbocycles. The van der Waals surface area contributed by atoms with Gasteiger partial charge in [-0.3, -0.25) is 0 Å². The van der Waals surface area contributed by atoms with Gasteiger partial charge in [0.05, 0.1) is 12.2 Å². The Balaban J connectivity index is 2.95. The van der Waals surface area contributed by atoms with Crippen LogP contribution in [0.2, 0.25) is 0 Å². The molecule has 0 unspecified atom stereocenters. The van der Waals surface area contributed by atoms with Gasteiger partial charge in [-0.2, -0.15) is 13.2 Å². The number of hydrogen-bond donors (Lipinski definition) is 1. The Bertz CT molecular complexity index is 341. The topological polar surface area (TPSA) is 35.2 Å². The maximum Gasteiger partial charge on any atom is 0.416 e. The SMILES string of the molecule is NOCCc1cc(C(F)(F)F)ccc1Br. The molecule has 0 aromatic heterocycles. The minimum absolute atomic E-state index is 0.180.